The Hall–Kier alpha value is -2.82. The van der Waals surface area contributed by atoms with Crippen molar-refractivity contribution < 1.29 is 27.1 Å². The second-order valence-electron chi connectivity index (χ2n) is 8.23. The number of amides is 1. The van der Waals surface area contributed by atoms with Crippen molar-refractivity contribution in [2.24, 2.45) is 5.14 Å². The monoisotopic (exact) mass is 477 g/mol. The highest BCUT2D eigenvalue weighted by Gasteiger charge is 2.26. The van der Waals surface area contributed by atoms with E-state index in [0.717, 1.165) is 0 Å². The number of anilines is 1. The van der Waals surface area contributed by atoms with Crippen LogP contribution >= 0.6 is 0 Å². The van der Waals surface area contributed by atoms with Crippen LogP contribution in [0.25, 0.3) is 0 Å². The lowest BCUT2D eigenvalue weighted by Crippen LogP contribution is -2.49. The molecule has 8 nitrogen and oxygen atoms in total. The van der Waals surface area contributed by atoms with Crippen molar-refractivity contribution in [1.82, 2.24) is 4.90 Å². The van der Waals surface area contributed by atoms with E-state index in [-0.39, 0.29) is 34.9 Å². The Morgan fingerprint density at radius 1 is 1.09 bits per heavy atom. The van der Waals surface area contributed by atoms with E-state index < -0.39 is 15.8 Å². The van der Waals surface area contributed by atoms with Gasteiger partial charge in [-0.2, -0.15) is 0 Å². The van der Waals surface area contributed by atoms with E-state index in [1.165, 1.54) is 31.2 Å². The van der Waals surface area contributed by atoms with Gasteiger partial charge in [-0.25, -0.2) is 17.9 Å². The van der Waals surface area contributed by atoms with Crippen LogP contribution in [0.3, 0.4) is 0 Å². The zero-order valence-corrected chi connectivity index (χ0v) is 19.7. The summed E-state index contributed by atoms with van der Waals surface area (Å²) in [6.45, 7) is 6.65. The summed E-state index contributed by atoms with van der Waals surface area (Å²) in [5.74, 6) is -1.04. The molecule has 1 amide bonds. The van der Waals surface area contributed by atoms with E-state index in [1.807, 2.05) is 18.7 Å². The molecule has 0 atom stereocenters. The standard InChI is InChI=1S/C23H28FN3O5S/c1-15(2)32-14-18-4-6-19(33(25,30)31)13-20(18)23(29)27-10-8-26(9-11-27)22-7-5-17(16(3)28)12-21(22)24/h4-7,12-13,15H,8-11,14H2,1-3H3,(H2,25,30,31). The van der Waals surface area contributed by atoms with Crippen LogP contribution < -0.4 is 10.0 Å². The highest BCUT2D eigenvalue weighted by atomic mass is 32.2. The minimum atomic E-state index is -3.98. The molecule has 0 unspecified atom stereocenters. The van der Waals surface area contributed by atoms with Gasteiger partial charge in [0.1, 0.15) is 5.82 Å². The SMILES string of the molecule is CC(=O)c1ccc(N2CCN(C(=O)c3cc(S(N)(=O)=O)ccc3COC(C)C)CC2)c(F)c1. The molecule has 0 radical (unpaired) electrons. The predicted molar refractivity (Wildman–Crippen MR) is 122 cm³/mol. The van der Waals surface area contributed by atoms with Crippen molar-refractivity contribution in [1.29, 1.82) is 0 Å². The van der Waals surface area contributed by atoms with E-state index >= 15 is 0 Å². The summed E-state index contributed by atoms with van der Waals surface area (Å²) >= 11 is 0. The zero-order valence-electron chi connectivity index (χ0n) is 18.9. The molecule has 178 valence electrons. The normalized spacial score (nSPS) is 14.6. The first-order valence-corrected chi connectivity index (χ1v) is 12.1. The van der Waals surface area contributed by atoms with E-state index in [2.05, 4.69) is 0 Å². The molecule has 0 spiro atoms. The summed E-state index contributed by atoms with van der Waals surface area (Å²) < 4.78 is 43.8. The summed E-state index contributed by atoms with van der Waals surface area (Å²) in [6.07, 6.45) is -0.0706. The van der Waals surface area contributed by atoms with Gasteiger partial charge in [-0.15, -0.1) is 0 Å². The fourth-order valence-corrected chi connectivity index (χ4v) is 4.16. The predicted octanol–water partition coefficient (Wildman–Crippen LogP) is 2.56. The molecule has 1 fully saturated rings. The number of benzene rings is 2. The number of hydrogen-bond acceptors (Lipinski definition) is 6. The van der Waals surface area contributed by atoms with Gasteiger partial charge in [-0.05, 0) is 56.7 Å². The van der Waals surface area contributed by atoms with Crippen LogP contribution in [-0.2, 0) is 21.4 Å². The first-order chi connectivity index (χ1) is 15.5. The first-order valence-electron chi connectivity index (χ1n) is 10.6. The zero-order chi connectivity index (χ0) is 24.3. The Kier molecular flexibility index (Phi) is 7.51. The lowest BCUT2D eigenvalue weighted by atomic mass is 10.1. The van der Waals surface area contributed by atoms with Gasteiger partial charge >= 0.3 is 0 Å². The highest BCUT2D eigenvalue weighted by molar-refractivity contribution is 7.89. The second-order valence-corrected chi connectivity index (χ2v) is 9.79. The average Bonchev–Trinajstić information content (AvgIpc) is 2.76. The molecule has 0 bridgehead atoms. The molecular formula is C23H28FN3O5S. The van der Waals surface area contributed by atoms with Gasteiger partial charge in [0.05, 0.1) is 23.3 Å². The topological polar surface area (TPSA) is 110 Å². The summed E-state index contributed by atoms with van der Waals surface area (Å²) in [6, 6.07) is 8.55. The van der Waals surface area contributed by atoms with Gasteiger partial charge in [0.2, 0.25) is 10.0 Å². The Bertz CT molecular complexity index is 1160. The molecule has 2 aromatic carbocycles. The number of ether oxygens (including phenoxy) is 1. The quantitative estimate of drug-likeness (QED) is 0.614. The summed E-state index contributed by atoms with van der Waals surface area (Å²) in [7, 11) is -3.98. The number of ketones is 1. The van der Waals surface area contributed by atoms with Crippen molar-refractivity contribution in [2.45, 2.75) is 38.4 Å². The van der Waals surface area contributed by atoms with Crippen molar-refractivity contribution >= 4 is 27.4 Å². The van der Waals surface area contributed by atoms with Crippen molar-refractivity contribution in [3.8, 4) is 0 Å². The molecule has 33 heavy (non-hydrogen) atoms. The molecule has 1 aliphatic rings. The fraction of sp³-hybridized carbons (Fsp3) is 0.391. The molecule has 1 heterocycles. The minimum Gasteiger partial charge on any atom is -0.374 e. The third-order valence-electron chi connectivity index (χ3n) is 5.47. The van der Waals surface area contributed by atoms with Crippen LogP contribution in [0.5, 0.6) is 0 Å². The summed E-state index contributed by atoms with van der Waals surface area (Å²) in [5.41, 5.74) is 1.45. The van der Waals surface area contributed by atoms with Gasteiger partial charge in [0.25, 0.3) is 5.91 Å². The third kappa shape index (κ3) is 5.95. The Balaban J connectivity index is 1.79. The lowest BCUT2D eigenvalue weighted by molar-refractivity contribution is 0.0623. The fourth-order valence-electron chi connectivity index (χ4n) is 3.62. The molecule has 2 aromatic rings. The molecule has 3 rings (SSSR count). The molecular weight excluding hydrogens is 449 g/mol. The van der Waals surface area contributed by atoms with Crippen LogP contribution in [0.1, 0.15) is 47.1 Å². The van der Waals surface area contributed by atoms with E-state index in [1.54, 1.807) is 17.0 Å². The molecule has 0 saturated carbocycles. The maximum Gasteiger partial charge on any atom is 0.254 e. The molecule has 2 N–H and O–H groups in total. The van der Waals surface area contributed by atoms with Crippen molar-refractivity contribution in [3.05, 3.63) is 58.9 Å². The maximum atomic E-state index is 14.5. The number of sulfonamides is 1. The van der Waals surface area contributed by atoms with E-state index in [9.17, 15) is 22.4 Å². The number of carbonyl (C=O) groups excluding carboxylic acids is 2. The van der Waals surface area contributed by atoms with Gasteiger partial charge in [-0.3, -0.25) is 9.59 Å². The Morgan fingerprint density at radius 3 is 2.30 bits per heavy atom. The number of nitrogens with zero attached hydrogens (tertiary/aromatic N) is 2. The minimum absolute atomic E-state index is 0.0706. The van der Waals surface area contributed by atoms with Crippen molar-refractivity contribution in [3.63, 3.8) is 0 Å². The number of hydrogen-bond donors (Lipinski definition) is 1. The maximum absolute atomic E-state index is 14.5. The third-order valence-corrected chi connectivity index (χ3v) is 6.39. The number of carbonyl (C=O) groups is 2. The second kappa shape index (κ2) is 9.98. The summed E-state index contributed by atoms with van der Waals surface area (Å²) in [4.78, 5) is 28.0. The van der Waals surface area contributed by atoms with Gasteiger partial charge < -0.3 is 14.5 Å². The number of primary sulfonamides is 1. The molecule has 0 aliphatic carbocycles. The van der Waals surface area contributed by atoms with Crippen LogP contribution in [0, 0.1) is 5.82 Å². The number of rotatable bonds is 7. The summed E-state index contributed by atoms with van der Waals surface area (Å²) in [5, 5.41) is 5.26. The number of piperazine rings is 1. The van der Waals surface area contributed by atoms with E-state index in [0.29, 0.717) is 43.0 Å². The lowest BCUT2D eigenvalue weighted by Gasteiger charge is -2.36. The largest absolute Gasteiger partial charge is 0.374 e. The number of halogens is 1. The van der Waals surface area contributed by atoms with E-state index in [4.69, 9.17) is 9.88 Å². The number of Topliss-reactive ketones (excluding diaryl/α,β-unsaturated/α-hetero) is 1. The first kappa shape index (κ1) is 24.8. The number of nitrogens with two attached hydrogens (primary N) is 1. The van der Waals surface area contributed by atoms with Crippen molar-refractivity contribution in [2.75, 3.05) is 31.1 Å². The highest BCUT2D eigenvalue weighted by Crippen LogP contribution is 2.24. The molecule has 1 aliphatic heterocycles. The van der Waals surface area contributed by atoms with Crippen LogP contribution in [0.4, 0.5) is 10.1 Å². The van der Waals surface area contributed by atoms with Crippen LogP contribution in [0.2, 0.25) is 0 Å². The average molecular weight is 478 g/mol. The molecule has 0 aromatic heterocycles. The van der Waals surface area contributed by atoms with Crippen LogP contribution in [0.15, 0.2) is 41.3 Å². The van der Waals surface area contributed by atoms with Gasteiger partial charge in [-0.1, -0.05) is 6.07 Å². The molecule has 10 heteroatoms. The van der Waals surface area contributed by atoms with Crippen LogP contribution in [-0.4, -0.2) is 57.3 Å². The Morgan fingerprint density at radius 2 is 1.76 bits per heavy atom. The van der Waals surface area contributed by atoms with Gasteiger partial charge in [0.15, 0.2) is 5.78 Å². The smallest absolute Gasteiger partial charge is 0.254 e. The van der Waals surface area contributed by atoms with Gasteiger partial charge in [0, 0.05) is 37.3 Å². The Labute approximate surface area is 193 Å². The molecule has 1 saturated heterocycles.